The minimum atomic E-state index is -5.08. The lowest BCUT2D eigenvalue weighted by Gasteiger charge is -2.30. The molecule has 0 fully saturated rings. The van der Waals surface area contributed by atoms with Crippen molar-refractivity contribution in [2.45, 2.75) is 315 Å². The van der Waals surface area contributed by atoms with Crippen molar-refractivity contribution in [1.82, 2.24) is 74.4 Å². The molecule has 826 valence electrons. The number of aromatic hydroxyl groups is 2. The second-order valence-corrected chi connectivity index (χ2v) is 38.9. The van der Waals surface area contributed by atoms with Gasteiger partial charge in [-0.1, -0.05) is 95.2 Å². The number of alkyl halides is 3. The summed E-state index contributed by atoms with van der Waals surface area (Å²) in [7, 11) is 0. The molecule has 0 spiro atoms. The summed E-state index contributed by atoms with van der Waals surface area (Å²) in [6.07, 6.45) is -14.9. The molecule has 0 heterocycles. The van der Waals surface area contributed by atoms with Crippen molar-refractivity contribution in [2.24, 2.45) is 69.9 Å². The van der Waals surface area contributed by atoms with Crippen molar-refractivity contribution >= 4 is 181 Å². The van der Waals surface area contributed by atoms with Gasteiger partial charge in [-0.2, -0.15) is 13.2 Å². The Kier molecular flexibility index (Phi) is 57.9. The van der Waals surface area contributed by atoms with Gasteiger partial charge >= 0.3 is 36.0 Å². The van der Waals surface area contributed by atoms with Gasteiger partial charge in [-0.25, -0.2) is 4.79 Å². The number of phenolic OH excluding ortho intramolecular Hbond substituents is 2. The van der Waals surface area contributed by atoms with Crippen LogP contribution in [0.1, 0.15) is 201 Å². The third kappa shape index (κ3) is 53.2. The number of primary amides is 4. The van der Waals surface area contributed by atoms with Crippen molar-refractivity contribution in [2.75, 3.05) is 0 Å². The monoisotopic (exact) mass is 2330 g/mol. The Bertz CT molecular complexity index is 4710. The van der Waals surface area contributed by atoms with Crippen LogP contribution in [0.15, 0.2) is 36.4 Å². The summed E-state index contributed by atoms with van der Waals surface area (Å²) < 4.78 is 48.3. The normalized spacial score (nSPS) is 15.1. The SMILES string of the molecule is CC(C)C[C@H](NC(=O)[C@H](CC(N)=O)NC(=O)[C@@H](NC(=O)[C@@H](N)CCC(=O)O)C(C)C)[C@@H](O)CC(=O)N[C@H](C(=O)N[C@@H](C)C(=O)N[C@@H](CCC(=O)O)C(=O)N[C@@H](Cc1cc(I)c(O)c(I)c1)C(N)=O)C(C)C.O=C(O)C(F)(F)F.[3H]c1cc(C[C@H](NC(=O)[C@H](CCC(=O)O)NC(=O)[C@H](C)NC(=O)[C@@H](NC(=O)C[C@H](O)[C@H](CC(C)C)NC(=O)[C@H](CC(N)=O)NC(=O)[C@@H](NC(=O)[C@@H](N)CCC(=O)O)C(C)C)C(C)C)C(N)=O)cc([3H])c1O. The molecule has 0 aliphatic heterocycles. The number of benzene rings is 2. The van der Waals surface area contributed by atoms with E-state index in [2.05, 4.69) is 74.4 Å². The predicted molar refractivity (Wildman–Crippen MR) is 530 cm³/mol. The number of hydrogen-bond acceptors (Lipinski definition) is 29. The molecule has 57 heteroatoms. The van der Waals surface area contributed by atoms with E-state index >= 15 is 0 Å². The minimum absolute atomic E-state index is 0.0203. The molecule has 0 unspecified atom stereocenters. The van der Waals surface area contributed by atoms with E-state index in [4.69, 9.17) is 57.3 Å². The standard InChI is InChI=1S/C44H68I2N10O15.C44H70N10O15.C2HF3O2/c1-18(2)12-27(52-42(69)29(16-31(48)58)54-44(71)36(20(5)6)56-40(67)25(47)8-10-33(60)61)30(57)17-32(59)55-35(19(3)4)43(70)50-21(7)39(66)51-26(9-11-34(62)63)41(68)53-28(38(49)65)15-22-13-23(45)37(64)24(46)14-22;1-20(2)16-28(50-42(67)30(18-32(46)57)52-44(69)37(22(5)6)54-40(65)26(45)12-14-34(59)60)31(56)19-33(58)53-36(21(3)4)43(68)48-23(7)39(64)49-27(13-15-35(61)62)41(66)51-29(38(47)63)17-24-8-10-25(55)11-9-24;3-2(4,5)1(6)7/h13-14,18-21,25-30,35-36,57,64H,8-12,15-17,47H2,1-7H3,(H2,48,58)(H2,49,65)(H,50,70)(H,51,66)(H,52,69)(H,53,68)(H,54,71)(H,55,59)(H,56,67)(H,60,61)(H,62,63);8-11,20-23,26-31,36-37,55-56H,12-19,45H2,1-7H3,(H2,46,57)(H2,47,63)(H,48,68)(H,49,64)(H,50,67)(H,51,66)(H,52,69)(H,53,58)(H,54,65)(H,59,60)(H,61,62);(H,6,7)/t21-,25-,26-,27-,28-,29-,30-,35-,36-;23-,26-,27-,28-,29-,30-,31-,36-,37-;/m00./s1/i;10T,11T;. The molecule has 0 saturated carbocycles. The van der Waals surface area contributed by atoms with Crippen LogP contribution in [-0.4, -0.2) is 297 Å². The molecule has 0 radical (unpaired) electrons. The first kappa shape index (κ1) is 130. The van der Waals surface area contributed by atoms with Gasteiger partial charge in [-0.15, -0.1) is 0 Å². The number of amides is 18. The van der Waals surface area contributed by atoms with Gasteiger partial charge in [0.1, 0.15) is 84.0 Å². The lowest BCUT2D eigenvalue weighted by atomic mass is 9.95. The zero-order valence-corrected chi connectivity index (χ0v) is 87.6. The van der Waals surface area contributed by atoms with Crippen LogP contribution in [0, 0.1) is 42.6 Å². The van der Waals surface area contributed by atoms with Crippen LogP contribution in [0.2, 0.25) is 0 Å². The van der Waals surface area contributed by atoms with Crippen molar-refractivity contribution < 1.29 is 172 Å². The van der Waals surface area contributed by atoms with Gasteiger partial charge in [-0.05, 0) is 168 Å². The Hall–Kier alpha value is -13.1. The maximum absolute atomic E-state index is 13.7. The van der Waals surface area contributed by atoms with Gasteiger partial charge < -0.3 is 155 Å². The molecule has 2 aromatic rings. The van der Waals surface area contributed by atoms with Crippen LogP contribution in [-0.2, 0) is 123 Å². The van der Waals surface area contributed by atoms with E-state index in [1.165, 1.54) is 13.8 Å². The lowest BCUT2D eigenvalue weighted by Crippen LogP contribution is -2.59. The number of aliphatic hydroxyl groups excluding tert-OH is 2. The van der Waals surface area contributed by atoms with Gasteiger partial charge in [0, 0.05) is 38.5 Å². The fourth-order valence-electron chi connectivity index (χ4n) is 13.3. The first-order valence-electron chi connectivity index (χ1n) is 47.0. The first-order chi connectivity index (χ1) is 68.6. The van der Waals surface area contributed by atoms with E-state index in [-0.39, 0.29) is 61.7 Å². The number of rotatable bonds is 62. The summed E-state index contributed by atoms with van der Waals surface area (Å²) in [5.41, 5.74) is 34.1. The number of aliphatic hydroxyl groups is 2. The summed E-state index contributed by atoms with van der Waals surface area (Å²) in [5, 5.41) is 120. The molecule has 147 heavy (non-hydrogen) atoms. The smallest absolute Gasteiger partial charge is 0.490 e. The molecule has 0 aromatic heterocycles. The average Bonchev–Trinajstić information content (AvgIpc) is 0.986. The number of nitrogens with two attached hydrogens (primary N) is 6. The largest absolute Gasteiger partial charge is 0.508 e. The number of halogens is 5. The van der Waals surface area contributed by atoms with Gasteiger partial charge in [0.25, 0.3) is 0 Å². The summed E-state index contributed by atoms with van der Waals surface area (Å²) in [5.74, 6) is -28.1. The highest BCUT2D eigenvalue weighted by Crippen LogP contribution is 2.29. The zero-order valence-electron chi connectivity index (χ0n) is 85.2. The molecule has 0 saturated heterocycles. The molecular weight excluding hydrogens is 2180 g/mol. The van der Waals surface area contributed by atoms with Crippen LogP contribution < -0.4 is 109 Å². The minimum Gasteiger partial charge on any atom is -0.508 e. The molecule has 35 N–H and O–H groups in total. The number of carbonyl (C=O) groups excluding carboxylic acids is 18. The highest BCUT2D eigenvalue weighted by molar-refractivity contribution is 14.1. The lowest BCUT2D eigenvalue weighted by molar-refractivity contribution is -0.192. The van der Waals surface area contributed by atoms with Crippen molar-refractivity contribution in [3.8, 4) is 11.5 Å². The van der Waals surface area contributed by atoms with Gasteiger partial charge in [-0.3, -0.25) is 105 Å². The number of carboxylic acid groups (broad SMARTS) is 5. The quantitative estimate of drug-likeness (QED) is 0.0278. The number of aliphatic carboxylic acids is 5. The summed E-state index contributed by atoms with van der Waals surface area (Å²) in [4.78, 5) is 289. The molecule has 2 aromatic carbocycles. The fraction of sp³-hybridized carbons (Fsp3) is 0.611. The third-order valence-corrected chi connectivity index (χ3v) is 23.0. The highest BCUT2D eigenvalue weighted by atomic mass is 127. The van der Waals surface area contributed by atoms with Gasteiger partial charge in [0.15, 0.2) is 0 Å². The number of phenols is 2. The molecule has 18 atom stereocenters. The molecule has 52 nitrogen and oxygen atoms in total. The Morgan fingerprint density at radius 2 is 0.619 bits per heavy atom. The number of hydrogen-bond donors (Lipinski definition) is 29. The molecule has 0 bridgehead atoms. The predicted octanol–water partition coefficient (Wildman–Crippen LogP) is -4.41. The number of nitrogens with one attached hydrogen (secondary N) is 14. The van der Waals surface area contributed by atoms with Crippen molar-refractivity contribution in [3.63, 3.8) is 0 Å². The average molecular weight is 2330 g/mol. The van der Waals surface area contributed by atoms with E-state index in [0.29, 0.717) is 12.7 Å². The van der Waals surface area contributed by atoms with E-state index in [0.717, 1.165) is 12.1 Å². The number of carbonyl (C=O) groups is 23. The maximum atomic E-state index is 13.7. The topological polar surface area (TPSA) is 899 Å². The molecular formula is C90H139F3I2N20O32. The third-order valence-electron chi connectivity index (χ3n) is 21.3. The van der Waals surface area contributed by atoms with E-state index in [1.54, 1.807) is 95.2 Å². The van der Waals surface area contributed by atoms with Gasteiger partial charge in [0.05, 0.1) is 71.9 Å². The Labute approximate surface area is 873 Å². The Balaban J connectivity index is 0.00000276. The second-order valence-electron chi connectivity index (χ2n) is 36.6. The van der Waals surface area contributed by atoms with Crippen LogP contribution >= 0.6 is 45.2 Å². The van der Waals surface area contributed by atoms with Crippen LogP contribution in [0.25, 0.3) is 0 Å². The van der Waals surface area contributed by atoms with Gasteiger partial charge in [0.2, 0.25) is 106 Å². The molecule has 2 rings (SSSR count). The molecule has 18 amide bonds. The Morgan fingerprint density at radius 3 is 0.891 bits per heavy atom. The van der Waals surface area contributed by atoms with Crippen LogP contribution in [0.3, 0.4) is 0 Å². The first-order valence-corrected chi connectivity index (χ1v) is 48.2. The van der Waals surface area contributed by atoms with E-state index in [1.807, 2.05) is 45.2 Å². The summed E-state index contributed by atoms with van der Waals surface area (Å²) in [6, 6.07) is -17.5. The Morgan fingerprint density at radius 1 is 0.354 bits per heavy atom. The highest BCUT2D eigenvalue weighted by Gasteiger charge is 2.42. The van der Waals surface area contributed by atoms with Crippen LogP contribution in [0.5, 0.6) is 11.5 Å². The molecule has 0 aliphatic rings. The number of carboxylic acids is 5. The maximum Gasteiger partial charge on any atom is 0.490 e. The van der Waals surface area contributed by atoms with Crippen LogP contribution in [0.4, 0.5) is 13.2 Å². The molecule has 0 aliphatic carbocycles. The van der Waals surface area contributed by atoms with E-state index < -0.39 is 357 Å². The van der Waals surface area contributed by atoms with Crippen molar-refractivity contribution in [3.05, 3.63) is 54.6 Å². The van der Waals surface area contributed by atoms with E-state index in [9.17, 15) is 149 Å². The zero-order chi connectivity index (χ0) is 115. The fourth-order valence-corrected chi connectivity index (χ4v) is 15.2. The second kappa shape index (κ2) is 65.5. The summed E-state index contributed by atoms with van der Waals surface area (Å²) >= 11 is 3.77. The summed E-state index contributed by atoms with van der Waals surface area (Å²) in [6.45, 7) is 22.0. The van der Waals surface area contributed by atoms with Crippen molar-refractivity contribution in [1.29, 1.82) is 0 Å².